The van der Waals surface area contributed by atoms with Crippen molar-refractivity contribution in [3.63, 3.8) is 0 Å². The highest BCUT2D eigenvalue weighted by molar-refractivity contribution is 5.97. The topological polar surface area (TPSA) is 81.2 Å². The molecule has 1 unspecified atom stereocenters. The number of aryl methyl sites for hydroxylation is 3. The van der Waals surface area contributed by atoms with E-state index in [9.17, 15) is 9.59 Å². The molecule has 6 heteroatoms. The molecule has 0 aliphatic heterocycles. The summed E-state index contributed by atoms with van der Waals surface area (Å²) in [5.41, 5.74) is 4.00. The fourth-order valence-corrected chi connectivity index (χ4v) is 2.82. The van der Waals surface area contributed by atoms with Crippen LogP contribution >= 0.6 is 0 Å². The van der Waals surface area contributed by atoms with Crippen LogP contribution in [0, 0.1) is 20.8 Å². The van der Waals surface area contributed by atoms with Gasteiger partial charge in [-0.3, -0.25) is 9.78 Å². The van der Waals surface area contributed by atoms with E-state index in [1.165, 1.54) is 12.4 Å². The van der Waals surface area contributed by atoms with Crippen molar-refractivity contribution in [2.45, 2.75) is 26.9 Å². The third kappa shape index (κ3) is 4.79. The highest BCUT2D eigenvalue weighted by atomic mass is 16.5. The SMILES string of the molecule is Cc1cc(C)cc(NC(=O)C(OC(=O)c2cnc(C)cn2)c2ccccc2)c1. The lowest BCUT2D eigenvalue weighted by molar-refractivity contribution is -0.125. The third-order valence-corrected chi connectivity index (χ3v) is 4.04. The lowest BCUT2D eigenvalue weighted by Gasteiger charge is -2.18. The van der Waals surface area contributed by atoms with Gasteiger partial charge in [0.05, 0.1) is 11.9 Å². The zero-order valence-corrected chi connectivity index (χ0v) is 16.0. The van der Waals surface area contributed by atoms with Crippen molar-refractivity contribution in [1.29, 1.82) is 0 Å². The van der Waals surface area contributed by atoms with Crippen LogP contribution in [0.2, 0.25) is 0 Å². The van der Waals surface area contributed by atoms with Crippen LogP contribution in [-0.2, 0) is 9.53 Å². The molecule has 142 valence electrons. The summed E-state index contributed by atoms with van der Waals surface area (Å²) in [4.78, 5) is 33.5. The number of anilines is 1. The molecule has 2 aromatic carbocycles. The molecule has 0 aliphatic rings. The fraction of sp³-hybridized carbons (Fsp3) is 0.182. The number of hydrogen-bond acceptors (Lipinski definition) is 5. The first kappa shape index (κ1) is 19.2. The highest BCUT2D eigenvalue weighted by Crippen LogP contribution is 2.22. The van der Waals surface area contributed by atoms with Gasteiger partial charge in [-0.05, 0) is 44.0 Å². The minimum atomic E-state index is -1.11. The molecule has 0 bridgehead atoms. The maximum Gasteiger partial charge on any atom is 0.359 e. The molecule has 0 fully saturated rings. The van der Waals surface area contributed by atoms with E-state index < -0.39 is 18.0 Å². The zero-order valence-electron chi connectivity index (χ0n) is 16.0. The number of rotatable bonds is 5. The molecule has 0 spiro atoms. The Labute approximate surface area is 163 Å². The molecule has 0 saturated heterocycles. The molecule has 1 heterocycles. The number of benzene rings is 2. The second-order valence-corrected chi connectivity index (χ2v) is 6.60. The van der Waals surface area contributed by atoms with Gasteiger partial charge in [0.15, 0.2) is 5.69 Å². The van der Waals surface area contributed by atoms with Gasteiger partial charge in [-0.25, -0.2) is 9.78 Å². The Morgan fingerprint density at radius 2 is 1.61 bits per heavy atom. The molecule has 1 N–H and O–H groups in total. The molecular formula is C22H21N3O3. The van der Waals surface area contributed by atoms with Gasteiger partial charge in [0.2, 0.25) is 6.10 Å². The van der Waals surface area contributed by atoms with Gasteiger partial charge in [0, 0.05) is 17.4 Å². The number of nitrogens with one attached hydrogen (secondary N) is 1. The molecule has 6 nitrogen and oxygen atoms in total. The van der Waals surface area contributed by atoms with Crippen LogP contribution in [0.15, 0.2) is 60.9 Å². The highest BCUT2D eigenvalue weighted by Gasteiger charge is 2.26. The molecule has 1 atom stereocenters. The van der Waals surface area contributed by atoms with Crippen LogP contribution in [0.1, 0.15) is 39.0 Å². The molecule has 28 heavy (non-hydrogen) atoms. The maximum absolute atomic E-state index is 12.9. The van der Waals surface area contributed by atoms with Crippen molar-refractivity contribution in [3.05, 3.63) is 89.0 Å². The molecule has 3 aromatic rings. The first-order valence-electron chi connectivity index (χ1n) is 8.86. The summed E-state index contributed by atoms with van der Waals surface area (Å²) in [6, 6.07) is 14.6. The van der Waals surface area contributed by atoms with E-state index in [1.54, 1.807) is 31.2 Å². The van der Waals surface area contributed by atoms with Crippen molar-refractivity contribution in [1.82, 2.24) is 9.97 Å². The Kier molecular flexibility index (Phi) is 5.79. The summed E-state index contributed by atoms with van der Waals surface area (Å²) in [7, 11) is 0. The van der Waals surface area contributed by atoms with Crippen LogP contribution in [-0.4, -0.2) is 21.8 Å². The van der Waals surface area contributed by atoms with Gasteiger partial charge in [0.1, 0.15) is 0 Å². The number of aromatic nitrogens is 2. The second-order valence-electron chi connectivity index (χ2n) is 6.60. The van der Waals surface area contributed by atoms with E-state index in [-0.39, 0.29) is 5.69 Å². The molecule has 0 saturated carbocycles. The van der Waals surface area contributed by atoms with E-state index in [0.29, 0.717) is 16.9 Å². The standard InChI is InChI=1S/C22H21N3O3/c1-14-9-15(2)11-18(10-14)25-21(26)20(17-7-5-4-6-8-17)28-22(27)19-13-23-16(3)12-24-19/h4-13,20H,1-3H3,(H,25,26). The predicted octanol–water partition coefficient (Wildman–Crippen LogP) is 3.94. The van der Waals surface area contributed by atoms with E-state index >= 15 is 0 Å². The minimum absolute atomic E-state index is 0.0470. The number of ether oxygens (including phenoxy) is 1. The van der Waals surface area contributed by atoms with Crippen molar-refractivity contribution < 1.29 is 14.3 Å². The number of nitrogens with zero attached hydrogens (tertiary/aromatic N) is 2. The Morgan fingerprint density at radius 3 is 2.21 bits per heavy atom. The third-order valence-electron chi connectivity index (χ3n) is 4.04. The Hall–Kier alpha value is -3.54. The average molecular weight is 375 g/mol. The van der Waals surface area contributed by atoms with Crippen LogP contribution in [0.5, 0.6) is 0 Å². The number of carbonyl (C=O) groups is 2. The maximum atomic E-state index is 12.9. The molecule has 1 amide bonds. The Morgan fingerprint density at radius 1 is 0.929 bits per heavy atom. The lowest BCUT2D eigenvalue weighted by atomic mass is 10.1. The molecule has 1 aromatic heterocycles. The molecular weight excluding hydrogens is 354 g/mol. The van der Waals surface area contributed by atoms with Crippen molar-refractivity contribution in [3.8, 4) is 0 Å². The summed E-state index contributed by atoms with van der Waals surface area (Å²) in [5.74, 6) is -1.15. The monoisotopic (exact) mass is 375 g/mol. The number of amides is 1. The van der Waals surface area contributed by atoms with Gasteiger partial charge < -0.3 is 10.1 Å². The van der Waals surface area contributed by atoms with E-state index in [4.69, 9.17) is 4.74 Å². The number of hydrogen-bond donors (Lipinski definition) is 1. The van der Waals surface area contributed by atoms with Gasteiger partial charge in [-0.1, -0.05) is 36.4 Å². The second kappa shape index (κ2) is 8.43. The van der Waals surface area contributed by atoms with Crippen molar-refractivity contribution >= 4 is 17.6 Å². The van der Waals surface area contributed by atoms with Gasteiger partial charge in [0.25, 0.3) is 5.91 Å². The molecule has 0 radical (unpaired) electrons. The summed E-state index contributed by atoms with van der Waals surface area (Å²) in [5, 5.41) is 2.84. The lowest BCUT2D eigenvalue weighted by Crippen LogP contribution is -2.26. The van der Waals surface area contributed by atoms with E-state index in [2.05, 4.69) is 15.3 Å². The van der Waals surface area contributed by atoms with Gasteiger partial charge >= 0.3 is 5.97 Å². The van der Waals surface area contributed by atoms with Crippen LogP contribution in [0.25, 0.3) is 0 Å². The quantitative estimate of drug-likeness (QED) is 0.683. The molecule has 3 rings (SSSR count). The predicted molar refractivity (Wildman–Crippen MR) is 106 cm³/mol. The van der Waals surface area contributed by atoms with Crippen LogP contribution in [0.4, 0.5) is 5.69 Å². The van der Waals surface area contributed by atoms with E-state index in [1.807, 2.05) is 38.1 Å². The Bertz CT molecular complexity index is 965. The summed E-state index contributed by atoms with van der Waals surface area (Å²) >= 11 is 0. The van der Waals surface area contributed by atoms with E-state index in [0.717, 1.165) is 11.1 Å². The van der Waals surface area contributed by atoms with Crippen molar-refractivity contribution in [2.75, 3.05) is 5.32 Å². The summed E-state index contributed by atoms with van der Waals surface area (Å²) in [6.07, 6.45) is 1.70. The van der Waals surface area contributed by atoms with Crippen LogP contribution in [0.3, 0.4) is 0 Å². The average Bonchev–Trinajstić information content (AvgIpc) is 2.66. The smallest absolute Gasteiger partial charge is 0.359 e. The minimum Gasteiger partial charge on any atom is -0.443 e. The molecule has 0 aliphatic carbocycles. The summed E-state index contributed by atoms with van der Waals surface area (Å²) in [6.45, 7) is 5.67. The zero-order chi connectivity index (χ0) is 20.1. The number of esters is 1. The Balaban J connectivity index is 1.85. The normalized spacial score (nSPS) is 11.5. The first-order valence-corrected chi connectivity index (χ1v) is 8.86. The largest absolute Gasteiger partial charge is 0.443 e. The number of carbonyl (C=O) groups excluding carboxylic acids is 2. The first-order chi connectivity index (χ1) is 13.4. The van der Waals surface area contributed by atoms with Gasteiger partial charge in [-0.2, -0.15) is 0 Å². The van der Waals surface area contributed by atoms with Gasteiger partial charge in [-0.15, -0.1) is 0 Å². The van der Waals surface area contributed by atoms with Crippen molar-refractivity contribution in [2.24, 2.45) is 0 Å². The summed E-state index contributed by atoms with van der Waals surface area (Å²) < 4.78 is 5.50. The fourth-order valence-electron chi connectivity index (χ4n) is 2.82. The van der Waals surface area contributed by atoms with Crippen LogP contribution < -0.4 is 5.32 Å².